The predicted octanol–water partition coefficient (Wildman–Crippen LogP) is 4.81. The van der Waals surface area contributed by atoms with E-state index in [0.717, 1.165) is 16.7 Å². The topological polar surface area (TPSA) is 128 Å². The molecule has 0 bridgehead atoms. The summed E-state index contributed by atoms with van der Waals surface area (Å²) < 4.78 is 25.4. The molecule has 0 aromatic heterocycles. The zero-order chi connectivity index (χ0) is 26.2. The number of anilines is 2. The van der Waals surface area contributed by atoms with E-state index in [1.807, 2.05) is 66.7 Å². The highest BCUT2D eigenvalue weighted by atomic mass is 32.2. The van der Waals surface area contributed by atoms with E-state index in [0.29, 0.717) is 29.0 Å². The van der Waals surface area contributed by atoms with Crippen molar-refractivity contribution in [3.8, 4) is 11.1 Å². The van der Waals surface area contributed by atoms with Crippen molar-refractivity contribution >= 4 is 34.1 Å². The number of thiol groups is 1. The van der Waals surface area contributed by atoms with Gasteiger partial charge in [0.15, 0.2) is 0 Å². The largest absolute Gasteiger partial charge is 0.384 e. The number of rotatable bonds is 9. The summed E-state index contributed by atoms with van der Waals surface area (Å²) in [4.78, 5) is 15.1. The molecule has 0 fully saturated rings. The third kappa shape index (κ3) is 6.96. The number of amidine groups is 1. The van der Waals surface area contributed by atoms with Crippen molar-refractivity contribution in [3.05, 3.63) is 120 Å². The van der Waals surface area contributed by atoms with E-state index in [1.54, 1.807) is 41.3 Å². The lowest BCUT2D eigenvalue weighted by atomic mass is 10.0. The molecule has 4 rings (SSSR count). The maximum Gasteiger partial charge on any atom is 0.322 e. The molecule has 4 aromatic rings. The Morgan fingerprint density at radius 1 is 0.811 bits per heavy atom. The van der Waals surface area contributed by atoms with Crippen molar-refractivity contribution in [1.82, 2.24) is 4.90 Å². The number of nitrogens with zero attached hydrogens (tertiary/aromatic N) is 1. The van der Waals surface area contributed by atoms with Gasteiger partial charge < -0.3 is 16.0 Å². The van der Waals surface area contributed by atoms with E-state index in [-0.39, 0.29) is 18.4 Å². The van der Waals surface area contributed by atoms with Crippen molar-refractivity contribution in [2.75, 3.05) is 10.0 Å². The van der Waals surface area contributed by atoms with E-state index in [2.05, 4.69) is 10.0 Å². The van der Waals surface area contributed by atoms with Crippen LogP contribution in [-0.2, 0) is 24.0 Å². The van der Waals surface area contributed by atoms with Gasteiger partial charge in [0.1, 0.15) is 5.84 Å². The van der Waals surface area contributed by atoms with Crippen LogP contribution in [-0.4, -0.2) is 25.2 Å². The van der Waals surface area contributed by atoms with Crippen LogP contribution in [0, 0.1) is 5.41 Å². The zero-order valence-electron chi connectivity index (χ0n) is 19.9. The Morgan fingerprint density at radius 2 is 1.46 bits per heavy atom. The van der Waals surface area contributed by atoms with Gasteiger partial charge in [0, 0.05) is 29.9 Å². The summed E-state index contributed by atoms with van der Waals surface area (Å²) >= 11 is 0. The van der Waals surface area contributed by atoms with Crippen LogP contribution >= 0.6 is 0 Å². The number of carbonyl (C=O) groups excluding carboxylic acids is 1. The fraction of sp³-hybridized carbons (Fsp3) is 0.0714. The Balaban J connectivity index is 1.61. The first-order valence-electron chi connectivity index (χ1n) is 11.5. The summed E-state index contributed by atoms with van der Waals surface area (Å²) in [6.45, 7) is 0.623. The quantitative estimate of drug-likeness (QED) is 0.125. The van der Waals surface area contributed by atoms with Gasteiger partial charge in [-0.3, -0.25) is 10.1 Å². The van der Waals surface area contributed by atoms with Gasteiger partial charge in [-0.05, 0) is 34.9 Å². The third-order valence-electron chi connectivity index (χ3n) is 5.68. The number of hydrogen-bond acceptors (Lipinski definition) is 4. The minimum Gasteiger partial charge on any atom is -0.384 e. The molecule has 0 aliphatic rings. The normalized spacial score (nSPS) is 10.6. The van der Waals surface area contributed by atoms with Crippen LogP contribution < -0.4 is 15.8 Å². The highest BCUT2D eigenvalue weighted by Crippen LogP contribution is 2.31. The Morgan fingerprint density at radius 3 is 2.14 bits per heavy atom. The zero-order valence-corrected chi connectivity index (χ0v) is 20.8. The fourth-order valence-corrected chi connectivity index (χ4v) is 4.33. The number of nitrogens with two attached hydrogens (primary N) is 1. The second kappa shape index (κ2) is 11.9. The molecule has 0 aliphatic carbocycles. The van der Waals surface area contributed by atoms with Crippen molar-refractivity contribution in [2.45, 2.75) is 13.1 Å². The Labute approximate surface area is 217 Å². The standard InChI is InChI=1S/C28H27N5O3S/c29-27(30)23-13-7-10-21(16-23)19-33(18-20-8-3-1-4-9-20)28(34)31-24-14-15-25(22-11-5-2-6-12-22)26(17-24)32-37(35)36/h1-17,37H,18-19H2,(H3,29,30)(H,31,34)(H,32,35,36). The maximum absolute atomic E-state index is 13.4. The van der Waals surface area contributed by atoms with Crippen molar-refractivity contribution < 1.29 is 13.2 Å². The van der Waals surface area contributed by atoms with E-state index in [1.165, 1.54) is 0 Å². The molecule has 5 N–H and O–H groups in total. The van der Waals surface area contributed by atoms with E-state index in [9.17, 15) is 13.2 Å². The van der Waals surface area contributed by atoms with Crippen LogP contribution in [0.5, 0.6) is 0 Å². The molecule has 0 spiro atoms. The number of urea groups is 1. The van der Waals surface area contributed by atoms with Crippen LogP contribution in [0.4, 0.5) is 16.2 Å². The first-order chi connectivity index (χ1) is 17.9. The second-order valence-corrected chi connectivity index (χ2v) is 9.12. The number of amides is 2. The summed E-state index contributed by atoms with van der Waals surface area (Å²) in [5, 5.41) is 10.6. The number of benzene rings is 4. The molecule has 9 heteroatoms. The molecule has 188 valence electrons. The van der Waals surface area contributed by atoms with E-state index in [4.69, 9.17) is 11.1 Å². The molecular formula is C28H27N5O3S. The number of carbonyl (C=O) groups is 1. The van der Waals surface area contributed by atoms with Crippen LogP contribution in [0.25, 0.3) is 11.1 Å². The molecular weight excluding hydrogens is 486 g/mol. The SMILES string of the molecule is N=C(N)c1cccc(CN(Cc2ccccc2)C(=O)Nc2ccc(-c3ccccc3)c(N[SH](=O)=O)c2)c1. The number of hydrogen-bond donors (Lipinski definition) is 5. The molecule has 0 radical (unpaired) electrons. The van der Waals surface area contributed by atoms with Gasteiger partial charge in [-0.15, -0.1) is 0 Å². The summed E-state index contributed by atoms with van der Waals surface area (Å²) in [5.41, 5.74) is 10.3. The minimum atomic E-state index is -2.90. The summed E-state index contributed by atoms with van der Waals surface area (Å²) in [7, 11) is -2.90. The molecule has 0 saturated carbocycles. The van der Waals surface area contributed by atoms with E-state index >= 15 is 0 Å². The minimum absolute atomic E-state index is 0.0452. The highest BCUT2D eigenvalue weighted by molar-refractivity contribution is 7.73. The van der Waals surface area contributed by atoms with Gasteiger partial charge in [-0.2, -0.15) is 0 Å². The van der Waals surface area contributed by atoms with Crippen LogP contribution in [0.15, 0.2) is 103 Å². The van der Waals surface area contributed by atoms with Crippen LogP contribution in [0.3, 0.4) is 0 Å². The Bertz CT molecular complexity index is 1470. The van der Waals surface area contributed by atoms with Gasteiger partial charge in [-0.1, -0.05) is 84.9 Å². The molecule has 0 saturated heterocycles. The molecule has 0 unspecified atom stereocenters. The lowest BCUT2D eigenvalue weighted by Gasteiger charge is -2.24. The van der Waals surface area contributed by atoms with Crippen molar-refractivity contribution in [3.63, 3.8) is 0 Å². The predicted molar refractivity (Wildman–Crippen MR) is 148 cm³/mol. The average Bonchev–Trinajstić information content (AvgIpc) is 2.89. The Hall–Kier alpha value is -4.63. The lowest BCUT2D eigenvalue weighted by molar-refractivity contribution is 0.206. The number of nitrogen functional groups attached to an aromatic ring is 1. The summed E-state index contributed by atoms with van der Waals surface area (Å²) in [5.74, 6) is -0.0452. The van der Waals surface area contributed by atoms with Gasteiger partial charge in [0.2, 0.25) is 10.9 Å². The second-order valence-electron chi connectivity index (χ2n) is 8.38. The van der Waals surface area contributed by atoms with Gasteiger partial charge in [0.05, 0.1) is 5.69 Å². The fourth-order valence-electron chi connectivity index (χ4n) is 3.95. The van der Waals surface area contributed by atoms with Gasteiger partial charge in [-0.25, -0.2) is 13.2 Å². The highest BCUT2D eigenvalue weighted by Gasteiger charge is 2.17. The van der Waals surface area contributed by atoms with Crippen molar-refractivity contribution in [2.24, 2.45) is 5.73 Å². The van der Waals surface area contributed by atoms with Crippen molar-refractivity contribution in [1.29, 1.82) is 5.41 Å². The van der Waals surface area contributed by atoms with E-state index < -0.39 is 10.9 Å². The monoisotopic (exact) mass is 513 g/mol. The molecule has 37 heavy (non-hydrogen) atoms. The smallest absolute Gasteiger partial charge is 0.322 e. The van der Waals surface area contributed by atoms with Crippen LogP contribution in [0.2, 0.25) is 0 Å². The summed E-state index contributed by atoms with van der Waals surface area (Å²) in [6.07, 6.45) is 0. The van der Waals surface area contributed by atoms with Gasteiger partial charge in [0.25, 0.3) is 0 Å². The molecule has 0 atom stereocenters. The molecule has 0 heterocycles. The van der Waals surface area contributed by atoms with Gasteiger partial charge >= 0.3 is 6.03 Å². The molecule has 8 nitrogen and oxygen atoms in total. The summed E-state index contributed by atoms with van der Waals surface area (Å²) in [6, 6.07) is 30.9. The number of nitrogens with one attached hydrogen (secondary N) is 3. The third-order valence-corrected chi connectivity index (χ3v) is 6.11. The van der Waals surface area contributed by atoms with Crippen LogP contribution in [0.1, 0.15) is 16.7 Å². The molecule has 4 aromatic carbocycles. The Kier molecular flexibility index (Phi) is 8.17. The first kappa shape index (κ1) is 25.5. The maximum atomic E-state index is 13.4. The molecule has 2 amide bonds. The molecule has 0 aliphatic heterocycles. The first-order valence-corrected chi connectivity index (χ1v) is 12.7. The average molecular weight is 514 g/mol. The lowest BCUT2D eigenvalue weighted by Crippen LogP contribution is -2.34.